The maximum atomic E-state index is 12.1. The van der Waals surface area contributed by atoms with E-state index in [4.69, 9.17) is 5.73 Å². The highest BCUT2D eigenvalue weighted by Gasteiger charge is 2.34. The molecule has 0 atom stereocenters. The zero-order chi connectivity index (χ0) is 13.2. The van der Waals surface area contributed by atoms with E-state index in [0.29, 0.717) is 5.56 Å². The molecule has 0 bridgehead atoms. The molecule has 1 aromatic carbocycles. The third-order valence-corrected chi connectivity index (χ3v) is 3.53. The molecule has 0 aliphatic heterocycles. The fourth-order valence-electron chi connectivity index (χ4n) is 2.37. The van der Waals surface area contributed by atoms with Crippen LogP contribution in [0.3, 0.4) is 0 Å². The number of nitrogens with two attached hydrogens (primary N) is 1. The predicted molar refractivity (Wildman–Crippen MR) is 68.3 cm³/mol. The average molecular weight is 250 g/mol. The first kappa shape index (κ1) is 12.7. The molecule has 98 valence electrons. The molecule has 0 spiro atoms. The minimum atomic E-state index is -0.506. The summed E-state index contributed by atoms with van der Waals surface area (Å²) < 4.78 is 0. The number of carbonyl (C=O) groups excluding carboxylic acids is 1. The number of hydrogen-bond acceptors (Lipinski definition) is 4. The monoisotopic (exact) mass is 250 g/mol. The number of amides is 1. The Hall–Kier alpha value is -1.75. The van der Waals surface area contributed by atoms with Crippen molar-refractivity contribution in [3.8, 4) is 5.75 Å². The van der Waals surface area contributed by atoms with Gasteiger partial charge in [0.05, 0.1) is 17.8 Å². The highest BCUT2D eigenvalue weighted by molar-refractivity contribution is 5.95. The molecule has 1 amide bonds. The van der Waals surface area contributed by atoms with Crippen LogP contribution in [0.2, 0.25) is 0 Å². The zero-order valence-electron chi connectivity index (χ0n) is 10.1. The summed E-state index contributed by atoms with van der Waals surface area (Å²) in [5.74, 6) is -0.395. The lowest BCUT2D eigenvalue weighted by Crippen LogP contribution is -2.49. The number of rotatable bonds is 3. The van der Waals surface area contributed by atoms with Crippen LogP contribution in [-0.2, 0) is 0 Å². The summed E-state index contributed by atoms with van der Waals surface area (Å²) in [6.07, 6.45) is 3.59. The van der Waals surface area contributed by atoms with Gasteiger partial charge in [-0.1, -0.05) is 12.8 Å². The number of carbonyl (C=O) groups is 1. The summed E-state index contributed by atoms with van der Waals surface area (Å²) in [6.45, 7) is -0.0559. The van der Waals surface area contributed by atoms with E-state index in [1.807, 2.05) is 0 Å². The third kappa shape index (κ3) is 2.41. The Balaban J connectivity index is 2.13. The number of anilines is 1. The molecule has 1 saturated carbocycles. The number of nitrogens with one attached hydrogen (secondary N) is 1. The second-order valence-electron chi connectivity index (χ2n) is 4.87. The molecule has 1 aliphatic carbocycles. The van der Waals surface area contributed by atoms with Gasteiger partial charge in [0.2, 0.25) is 0 Å². The quantitative estimate of drug-likeness (QED) is 0.475. The van der Waals surface area contributed by atoms with Crippen molar-refractivity contribution in [2.24, 2.45) is 0 Å². The molecule has 18 heavy (non-hydrogen) atoms. The molecular weight excluding hydrogens is 232 g/mol. The SMILES string of the molecule is Nc1ccc(C(=O)NC2(CO)CCCC2)cc1O. The lowest BCUT2D eigenvalue weighted by molar-refractivity contribution is 0.0838. The number of phenolic OH excluding ortho intramolecular Hbond substituents is 1. The fourth-order valence-corrected chi connectivity index (χ4v) is 2.37. The Morgan fingerprint density at radius 3 is 2.61 bits per heavy atom. The summed E-state index contributed by atoms with van der Waals surface area (Å²) in [7, 11) is 0. The largest absolute Gasteiger partial charge is 0.506 e. The van der Waals surface area contributed by atoms with Crippen LogP contribution in [-0.4, -0.2) is 28.3 Å². The minimum Gasteiger partial charge on any atom is -0.506 e. The van der Waals surface area contributed by atoms with Gasteiger partial charge in [-0.05, 0) is 31.0 Å². The van der Waals surface area contributed by atoms with Gasteiger partial charge in [-0.25, -0.2) is 0 Å². The van der Waals surface area contributed by atoms with E-state index in [-0.39, 0.29) is 24.0 Å². The number of aliphatic hydroxyl groups excluding tert-OH is 1. The molecular formula is C13H18N2O3. The van der Waals surface area contributed by atoms with E-state index in [1.54, 1.807) is 6.07 Å². The molecule has 1 fully saturated rings. The van der Waals surface area contributed by atoms with Crippen molar-refractivity contribution in [3.63, 3.8) is 0 Å². The Morgan fingerprint density at radius 1 is 1.39 bits per heavy atom. The molecule has 0 aromatic heterocycles. The van der Waals surface area contributed by atoms with Crippen LogP contribution in [0.15, 0.2) is 18.2 Å². The van der Waals surface area contributed by atoms with Crippen LogP contribution in [0, 0.1) is 0 Å². The van der Waals surface area contributed by atoms with E-state index in [9.17, 15) is 15.0 Å². The van der Waals surface area contributed by atoms with E-state index < -0.39 is 5.54 Å². The van der Waals surface area contributed by atoms with Crippen molar-refractivity contribution in [3.05, 3.63) is 23.8 Å². The van der Waals surface area contributed by atoms with Crippen molar-refractivity contribution in [1.82, 2.24) is 5.32 Å². The number of hydrogen-bond donors (Lipinski definition) is 4. The van der Waals surface area contributed by atoms with Crippen molar-refractivity contribution in [1.29, 1.82) is 0 Å². The van der Waals surface area contributed by atoms with Gasteiger partial charge in [0, 0.05) is 5.56 Å². The van der Waals surface area contributed by atoms with Gasteiger partial charge < -0.3 is 21.3 Å². The molecule has 2 rings (SSSR count). The number of aromatic hydroxyl groups is 1. The normalized spacial score (nSPS) is 17.6. The van der Waals surface area contributed by atoms with Crippen LogP contribution in [0.5, 0.6) is 5.75 Å². The summed E-state index contributed by atoms with van der Waals surface area (Å²) in [6, 6.07) is 4.39. The standard InChI is InChI=1S/C13H18N2O3/c14-10-4-3-9(7-11(10)17)12(18)15-13(8-16)5-1-2-6-13/h3-4,7,16-17H,1-2,5-6,8,14H2,(H,15,18). The van der Waals surface area contributed by atoms with Gasteiger partial charge in [0.25, 0.3) is 5.91 Å². The van der Waals surface area contributed by atoms with Gasteiger partial charge in [-0.3, -0.25) is 4.79 Å². The Bertz CT molecular complexity index is 454. The summed E-state index contributed by atoms with van der Waals surface area (Å²) >= 11 is 0. The first-order valence-electron chi connectivity index (χ1n) is 6.08. The molecule has 0 saturated heterocycles. The first-order valence-corrected chi connectivity index (χ1v) is 6.08. The van der Waals surface area contributed by atoms with E-state index in [0.717, 1.165) is 25.7 Å². The van der Waals surface area contributed by atoms with E-state index in [2.05, 4.69) is 5.32 Å². The van der Waals surface area contributed by atoms with Crippen LogP contribution in [0.4, 0.5) is 5.69 Å². The summed E-state index contributed by atoms with van der Waals surface area (Å²) in [4.78, 5) is 12.1. The third-order valence-electron chi connectivity index (χ3n) is 3.53. The molecule has 1 aliphatic rings. The van der Waals surface area contributed by atoms with Crippen LogP contribution in [0.1, 0.15) is 36.0 Å². The first-order chi connectivity index (χ1) is 8.56. The number of aliphatic hydroxyl groups is 1. The van der Waals surface area contributed by atoms with Crippen LogP contribution < -0.4 is 11.1 Å². The topological polar surface area (TPSA) is 95.6 Å². The summed E-state index contributed by atoms with van der Waals surface area (Å²) in [5.41, 5.74) is 5.57. The number of phenols is 1. The van der Waals surface area contributed by atoms with Gasteiger partial charge in [-0.15, -0.1) is 0 Å². The lowest BCUT2D eigenvalue weighted by atomic mass is 9.98. The van der Waals surface area contributed by atoms with Crippen LogP contribution in [0.25, 0.3) is 0 Å². The predicted octanol–water partition coefficient (Wildman–Crippen LogP) is 1.01. The van der Waals surface area contributed by atoms with Gasteiger partial charge >= 0.3 is 0 Å². The lowest BCUT2D eigenvalue weighted by Gasteiger charge is -2.28. The van der Waals surface area contributed by atoms with Crippen molar-refractivity contribution in [2.45, 2.75) is 31.2 Å². The Kier molecular flexibility index (Phi) is 3.43. The Morgan fingerprint density at radius 2 is 2.06 bits per heavy atom. The smallest absolute Gasteiger partial charge is 0.251 e. The molecule has 0 heterocycles. The van der Waals surface area contributed by atoms with E-state index in [1.165, 1.54) is 12.1 Å². The second kappa shape index (κ2) is 4.86. The van der Waals surface area contributed by atoms with Crippen molar-refractivity contribution < 1.29 is 15.0 Å². The Labute approximate surface area is 106 Å². The maximum absolute atomic E-state index is 12.1. The van der Waals surface area contributed by atoms with Crippen LogP contribution >= 0.6 is 0 Å². The zero-order valence-corrected chi connectivity index (χ0v) is 10.1. The number of nitrogen functional groups attached to an aromatic ring is 1. The van der Waals surface area contributed by atoms with Gasteiger partial charge in [0.15, 0.2) is 0 Å². The van der Waals surface area contributed by atoms with E-state index >= 15 is 0 Å². The van der Waals surface area contributed by atoms with Gasteiger partial charge in [0.1, 0.15) is 5.75 Å². The fraction of sp³-hybridized carbons (Fsp3) is 0.462. The van der Waals surface area contributed by atoms with Gasteiger partial charge in [-0.2, -0.15) is 0 Å². The molecule has 5 nitrogen and oxygen atoms in total. The molecule has 0 unspecified atom stereocenters. The molecule has 1 aromatic rings. The maximum Gasteiger partial charge on any atom is 0.251 e. The summed E-state index contributed by atoms with van der Waals surface area (Å²) in [5, 5.41) is 21.8. The van der Waals surface area contributed by atoms with Crippen molar-refractivity contribution >= 4 is 11.6 Å². The molecule has 5 N–H and O–H groups in total. The number of benzene rings is 1. The second-order valence-corrected chi connectivity index (χ2v) is 4.87. The highest BCUT2D eigenvalue weighted by atomic mass is 16.3. The molecule has 0 radical (unpaired) electrons. The average Bonchev–Trinajstić information content (AvgIpc) is 2.82. The van der Waals surface area contributed by atoms with Crippen molar-refractivity contribution in [2.75, 3.05) is 12.3 Å². The minimum absolute atomic E-state index is 0.0559. The molecule has 5 heteroatoms. The highest BCUT2D eigenvalue weighted by Crippen LogP contribution is 2.30.